The Kier molecular flexibility index (Phi) is 5.29. The van der Waals surface area contributed by atoms with Crippen molar-refractivity contribution in [2.24, 2.45) is 0 Å². The van der Waals surface area contributed by atoms with Gasteiger partial charge in [-0.1, -0.05) is 60.7 Å². The molecular weight excluding hydrogens is 364 g/mol. The second-order valence-electron chi connectivity index (χ2n) is 6.45. The number of fused-ring (bicyclic) bond motifs is 1. The van der Waals surface area contributed by atoms with Crippen molar-refractivity contribution >= 4 is 28.8 Å². The van der Waals surface area contributed by atoms with Crippen molar-refractivity contribution in [1.82, 2.24) is 4.98 Å². The predicted octanol–water partition coefficient (Wildman–Crippen LogP) is 5.46. The van der Waals surface area contributed by atoms with E-state index in [4.69, 9.17) is 4.74 Å². The molecule has 4 aromatic rings. The van der Waals surface area contributed by atoms with Crippen LogP contribution in [0.4, 0.5) is 10.5 Å². The summed E-state index contributed by atoms with van der Waals surface area (Å²) in [5, 5.41) is 4.72. The molecule has 0 atom stereocenters. The molecule has 0 spiro atoms. The molecule has 5 heteroatoms. The summed E-state index contributed by atoms with van der Waals surface area (Å²) in [6.07, 6.45) is 0.183. The van der Waals surface area contributed by atoms with Crippen LogP contribution in [-0.2, 0) is 11.3 Å². The largest absolute Gasteiger partial charge is 0.444 e. The van der Waals surface area contributed by atoms with Crippen LogP contribution in [-0.4, -0.2) is 17.4 Å². The van der Waals surface area contributed by atoms with Gasteiger partial charge >= 0.3 is 6.09 Å². The van der Waals surface area contributed by atoms with E-state index in [9.17, 15) is 9.59 Å². The fourth-order valence-electron chi connectivity index (χ4n) is 3.21. The minimum Gasteiger partial charge on any atom is -0.444 e. The molecule has 0 fully saturated rings. The van der Waals surface area contributed by atoms with Crippen molar-refractivity contribution in [3.8, 4) is 11.3 Å². The topological polar surface area (TPSA) is 68.3 Å². The van der Waals surface area contributed by atoms with Gasteiger partial charge in [0.2, 0.25) is 0 Å². The molecule has 29 heavy (non-hydrogen) atoms. The molecule has 0 saturated carbocycles. The first-order chi connectivity index (χ1) is 14.2. The zero-order valence-electron chi connectivity index (χ0n) is 15.5. The number of carbonyl (C=O) groups excluding carboxylic acids is 2. The highest BCUT2D eigenvalue weighted by molar-refractivity contribution is 5.98. The van der Waals surface area contributed by atoms with Crippen molar-refractivity contribution in [1.29, 1.82) is 0 Å². The lowest BCUT2D eigenvalue weighted by molar-refractivity contribution is 0.111. The molecule has 1 amide bonds. The van der Waals surface area contributed by atoms with Crippen molar-refractivity contribution < 1.29 is 14.3 Å². The molecule has 0 radical (unpaired) electrons. The maximum atomic E-state index is 12.2. The van der Waals surface area contributed by atoms with Gasteiger partial charge in [-0.25, -0.2) is 9.78 Å². The number of amides is 1. The van der Waals surface area contributed by atoms with Crippen LogP contribution in [0.3, 0.4) is 0 Å². The molecule has 0 aliphatic carbocycles. The van der Waals surface area contributed by atoms with E-state index in [1.807, 2.05) is 60.7 Å². The van der Waals surface area contributed by atoms with Gasteiger partial charge in [0, 0.05) is 11.3 Å². The number of hydrogen-bond donors (Lipinski definition) is 1. The van der Waals surface area contributed by atoms with Gasteiger partial charge in [-0.15, -0.1) is 0 Å². The average Bonchev–Trinajstić information content (AvgIpc) is 2.78. The summed E-state index contributed by atoms with van der Waals surface area (Å²) in [6, 6.07) is 26.2. The fourth-order valence-corrected chi connectivity index (χ4v) is 3.21. The highest BCUT2D eigenvalue weighted by atomic mass is 16.5. The van der Waals surface area contributed by atoms with E-state index >= 15 is 0 Å². The van der Waals surface area contributed by atoms with Gasteiger partial charge in [0.05, 0.1) is 5.69 Å². The third kappa shape index (κ3) is 4.14. The number of para-hydroxylation sites is 1. The molecular formula is C24H18N2O3. The van der Waals surface area contributed by atoms with Crippen LogP contribution >= 0.6 is 0 Å². The zero-order valence-corrected chi connectivity index (χ0v) is 15.5. The summed E-state index contributed by atoms with van der Waals surface area (Å²) in [4.78, 5) is 27.8. The van der Waals surface area contributed by atoms with Crippen LogP contribution in [0.5, 0.6) is 0 Å². The van der Waals surface area contributed by atoms with E-state index in [-0.39, 0.29) is 6.61 Å². The monoisotopic (exact) mass is 382 g/mol. The summed E-state index contributed by atoms with van der Waals surface area (Å²) >= 11 is 0. The summed E-state index contributed by atoms with van der Waals surface area (Å²) in [5.41, 5.74) is 3.33. The lowest BCUT2D eigenvalue weighted by atomic mass is 9.96. The lowest BCUT2D eigenvalue weighted by Crippen LogP contribution is -2.13. The minimum absolute atomic E-state index is 0.0752. The van der Waals surface area contributed by atoms with Crippen molar-refractivity contribution in [2.45, 2.75) is 6.61 Å². The molecule has 1 heterocycles. The molecule has 0 aliphatic heterocycles. The molecule has 0 bridgehead atoms. The van der Waals surface area contributed by atoms with Gasteiger partial charge < -0.3 is 4.74 Å². The van der Waals surface area contributed by atoms with Gasteiger partial charge in [0.1, 0.15) is 12.3 Å². The summed E-state index contributed by atoms with van der Waals surface area (Å²) in [7, 11) is 0. The molecule has 0 aliphatic rings. The fraction of sp³-hybridized carbons (Fsp3) is 0.0417. The van der Waals surface area contributed by atoms with Crippen LogP contribution < -0.4 is 5.32 Å². The first kappa shape index (κ1) is 18.4. The van der Waals surface area contributed by atoms with Crippen LogP contribution in [0, 0.1) is 0 Å². The Hall–Kier alpha value is -3.99. The van der Waals surface area contributed by atoms with E-state index in [1.54, 1.807) is 24.3 Å². The molecule has 0 unspecified atom stereocenters. The predicted molar refractivity (Wildman–Crippen MR) is 113 cm³/mol. The van der Waals surface area contributed by atoms with E-state index < -0.39 is 6.09 Å². The van der Waals surface area contributed by atoms with E-state index in [0.29, 0.717) is 17.1 Å². The smallest absolute Gasteiger partial charge is 0.411 e. The van der Waals surface area contributed by atoms with Gasteiger partial charge in [-0.05, 0) is 40.6 Å². The number of hydrogen-bond acceptors (Lipinski definition) is 4. The first-order valence-corrected chi connectivity index (χ1v) is 9.16. The van der Waals surface area contributed by atoms with E-state index in [0.717, 1.165) is 28.2 Å². The Morgan fingerprint density at radius 3 is 2.52 bits per heavy atom. The van der Waals surface area contributed by atoms with Crippen LogP contribution in [0.15, 0.2) is 84.9 Å². The Labute approximate surface area is 168 Å². The number of pyridine rings is 1. The molecule has 1 aromatic heterocycles. The Balaban J connectivity index is 1.67. The van der Waals surface area contributed by atoms with Crippen LogP contribution in [0.1, 0.15) is 16.1 Å². The molecule has 142 valence electrons. The van der Waals surface area contributed by atoms with Gasteiger partial charge in [-0.2, -0.15) is 0 Å². The first-order valence-electron chi connectivity index (χ1n) is 9.16. The molecule has 5 nitrogen and oxygen atoms in total. The number of aromatic nitrogens is 1. The van der Waals surface area contributed by atoms with E-state index in [2.05, 4.69) is 10.3 Å². The number of ether oxygens (including phenoxy) is 1. The normalized spacial score (nSPS) is 10.5. The van der Waals surface area contributed by atoms with Gasteiger partial charge in [0.15, 0.2) is 6.29 Å². The molecule has 1 N–H and O–H groups in total. The maximum Gasteiger partial charge on any atom is 0.411 e. The van der Waals surface area contributed by atoms with Crippen molar-refractivity contribution in [3.63, 3.8) is 0 Å². The Bertz CT molecular complexity index is 1170. The summed E-state index contributed by atoms with van der Waals surface area (Å²) in [5.74, 6) is 0. The Morgan fingerprint density at radius 2 is 1.69 bits per heavy atom. The maximum absolute atomic E-state index is 12.2. The standard InChI is InChI=1S/C24H18N2O3/c27-15-20-10-6-12-22(25-20)23-18(14-13-17-7-4-5-11-21(17)23)16-29-24(28)26-19-8-2-1-3-9-19/h1-15H,16H2,(H,26,28). The number of rotatable bonds is 5. The van der Waals surface area contributed by atoms with Crippen LogP contribution in [0.25, 0.3) is 22.0 Å². The number of benzene rings is 3. The number of carbonyl (C=O) groups is 2. The molecule has 3 aromatic carbocycles. The number of aldehydes is 1. The number of nitrogens with one attached hydrogen (secondary N) is 1. The van der Waals surface area contributed by atoms with Gasteiger partial charge in [-0.3, -0.25) is 10.1 Å². The second kappa shape index (κ2) is 8.35. The Morgan fingerprint density at radius 1 is 0.897 bits per heavy atom. The van der Waals surface area contributed by atoms with Gasteiger partial charge in [0.25, 0.3) is 0 Å². The highest BCUT2D eigenvalue weighted by Crippen LogP contribution is 2.31. The number of anilines is 1. The second-order valence-corrected chi connectivity index (χ2v) is 6.45. The van der Waals surface area contributed by atoms with Crippen molar-refractivity contribution in [2.75, 3.05) is 5.32 Å². The van der Waals surface area contributed by atoms with Crippen molar-refractivity contribution in [3.05, 3.63) is 96.2 Å². The summed E-state index contributed by atoms with van der Waals surface area (Å²) < 4.78 is 5.45. The SMILES string of the molecule is O=Cc1cccc(-c2c(COC(=O)Nc3ccccc3)ccc3ccccc23)n1. The third-order valence-corrected chi connectivity index (χ3v) is 4.54. The summed E-state index contributed by atoms with van der Waals surface area (Å²) in [6.45, 7) is 0.0752. The quantitative estimate of drug-likeness (QED) is 0.465. The van der Waals surface area contributed by atoms with Crippen LogP contribution in [0.2, 0.25) is 0 Å². The third-order valence-electron chi connectivity index (χ3n) is 4.54. The minimum atomic E-state index is -0.537. The zero-order chi connectivity index (χ0) is 20.1. The van der Waals surface area contributed by atoms with E-state index in [1.165, 1.54) is 0 Å². The molecule has 0 saturated heterocycles. The number of nitrogens with zero attached hydrogens (tertiary/aromatic N) is 1. The lowest BCUT2D eigenvalue weighted by Gasteiger charge is -2.14. The molecule has 4 rings (SSSR count). The highest BCUT2D eigenvalue weighted by Gasteiger charge is 2.14. The average molecular weight is 382 g/mol.